The van der Waals surface area contributed by atoms with Gasteiger partial charge in [0.15, 0.2) is 0 Å². The third kappa shape index (κ3) is 1.91. The summed E-state index contributed by atoms with van der Waals surface area (Å²) < 4.78 is 5.24. The Kier molecular flexibility index (Phi) is 3.15. The summed E-state index contributed by atoms with van der Waals surface area (Å²) in [4.78, 5) is 2.30. The molecule has 2 bridgehead atoms. The number of β-amino-alcohol motifs (C(OH)–C–C–N with tert-alkyl or cyclic N) is 1. The van der Waals surface area contributed by atoms with Crippen molar-refractivity contribution in [3.8, 4) is 0 Å². The van der Waals surface area contributed by atoms with E-state index in [2.05, 4.69) is 4.90 Å². The molecule has 0 spiro atoms. The zero-order chi connectivity index (χ0) is 12.0. The Labute approximate surface area is 103 Å². The fraction of sp³-hybridized carbons (Fsp3) is 1.00. The fourth-order valence-corrected chi connectivity index (χ4v) is 4.32. The Morgan fingerprint density at radius 2 is 2.18 bits per heavy atom. The lowest BCUT2D eigenvalue weighted by atomic mass is 9.88. The van der Waals surface area contributed by atoms with E-state index in [1.165, 1.54) is 12.8 Å². The minimum absolute atomic E-state index is 0.155. The van der Waals surface area contributed by atoms with Crippen LogP contribution >= 0.6 is 0 Å². The number of aliphatic hydroxyl groups excluding tert-OH is 2. The van der Waals surface area contributed by atoms with E-state index < -0.39 is 6.10 Å². The van der Waals surface area contributed by atoms with Gasteiger partial charge in [-0.05, 0) is 37.5 Å². The van der Waals surface area contributed by atoms with Gasteiger partial charge in [-0.1, -0.05) is 0 Å². The largest absolute Gasteiger partial charge is 0.391 e. The molecule has 0 amide bonds. The lowest BCUT2D eigenvalue weighted by Gasteiger charge is -2.30. The molecular weight excluding hydrogens is 218 g/mol. The molecular formula is C13H23NO3. The lowest BCUT2D eigenvalue weighted by molar-refractivity contribution is -0.00136. The maximum absolute atomic E-state index is 10.2. The summed E-state index contributed by atoms with van der Waals surface area (Å²) in [5, 5.41) is 20.1. The molecule has 4 heteroatoms. The van der Waals surface area contributed by atoms with Crippen molar-refractivity contribution >= 4 is 0 Å². The predicted octanol–water partition coefficient (Wildman–Crippen LogP) is 0.0849. The summed E-state index contributed by atoms with van der Waals surface area (Å²) in [5.41, 5.74) is 0. The van der Waals surface area contributed by atoms with Gasteiger partial charge in [0.05, 0.1) is 18.8 Å². The number of rotatable bonds is 5. The van der Waals surface area contributed by atoms with Gasteiger partial charge in [0.1, 0.15) is 0 Å². The second kappa shape index (κ2) is 4.50. The molecule has 0 radical (unpaired) electrons. The zero-order valence-corrected chi connectivity index (χ0v) is 10.5. The maximum Gasteiger partial charge on any atom is 0.0900 e. The number of fused-ring (bicyclic) bond motifs is 1. The van der Waals surface area contributed by atoms with Crippen LogP contribution < -0.4 is 0 Å². The van der Waals surface area contributed by atoms with Crippen molar-refractivity contribution in [2.24, 2.45) is 17.8 Å². The molecule has 6 unspecified atom stereocenters. The molecule has 17 heavy (non-hydrogen) atoms. The molecule has 98 valence electrons. The third-order valence-corrected chi connectivity index (χ3v) is 4.91. The van der Waals surface area contributed by atoms with Gasteiger partial charge in [-0.3, -0.25) is 4.90 Å². The number of aliphatic hydroxyl groups is 2. The number of nitrogens with zero attached hydrogens (tertiary/aromatic N) is 1. The summed E-state index contributed by atoms with van der Waals surface area (Å²) in [5.74, 6) is 1.99. The highest BCUT2D eigenvalue weighted by Gasteiger charge is 2.58. The molecule has 2 saturated carbocycles. The van der Waals surface area contributed by atoms with Crippen LogP contribution in [0.3, 0.4) is 0 Å². The minimum Gasteiger partial charge on any atom is -0.391 e. The van der Waals surface area contributed by atoms with Crippen molar-refractivity contribution < 1.29 is 14.9 Å². The summed E-state index contributed by atoms with van der Waals surface area (Å²) in [6.45, 7) is 4.71. The number of hydrogen-bond acceptors (Lipinski definition) is 4. The molecule has 0 aromatic carbocycles. The van der Waals surface area contributed by atoms with Gasteiger partial charge in [-0.25, -0.2) is 0 Å². The molecule has 3 aliphatic rings. The monoisotopic (exact) mass is 241 g/mol. The van der Waals surface area contributed by atoms with E-state index in [0.29, 0.717) is 37.6 Å². The molecule has 3 rings (SSSR count). The van der Waals surface area contributed by atoms with E-state index in [1.807, 2.05) is 6.92 Å². The number of ether oxygens (including phenoxy) is 1. The van der Waals surface area contributed by atoms with Gasteiger partial charge in [0.25, 0.3) is 0 Å². The molecule has 1 heterocycles. The first-order valence-corrected chi connectivity index (χ1v) is 6.88. The quantitative estimate of drug-likeness (QED) is 0.716. The summed E-state index contributed by atoms with van der Waals surface area (Å²) >= 11 is 0. The molecule has 1 saturated heterocycles. The Balaban J connectivity index is 1.58. The average molecular weight is 241 g/mol. The van der Waals surface area contributed by atoms with Crippen LogP contribution in [0.1, 0.15) is 19.8 Å². The molecule has 0 aromatic rings. The normalized spacial score (nSPS) is 45.7. The van der Waals surface area contributed by atoms with Crippen LogP contribution in [0.25, 0.3) is 0 Å². The van der Waals surface area contributed by atoms with E-state index in [4.69, 9.17) is 4.74 Å². The van der Waals surface area contributed by atoms with Crippen LogP contribution in [-0.2, 0) is 4.74 Å². The summed E-state index contributed by atoms with van der Waals surface area (Å²) in [6, 6.07) is 0.315. The molecule has 2 N–H and O–H groups in total. The van der Waals surface area contributed by atoms with E-state index in [1.54, 1.807) is 0 Å². The second-order valence-electron chi connectivity index (χ2n) is 5.90. The van der Waals surface area contributed by atoms with Crippen molar-refractivity contribution in [3.63, 3.8) is 0 Å². The second-order valence-corrected chi connectivity index (χ2v) is 5.90. The highest BCUT2D eigenvalue weighted by molar-refractivity contribution is 5.10. The number of hydrogen-bond donors (Lipinski definition) is 2. The van der Waals surface area contributed by atoms with Crippen molar-refractivity contribution in [2.45, 2.75) is 38.0 Å². The standard InChI is InChI=1S/C13H23NO3/c1-2-17-7-10(15)6-14-5-9-3-8-4-11(9)12(14)13(8)16/h8-13,15-16H,2-7H2,1H3. The SMILES string of the molecule is CCOCC(O)CN1CC2CC3CC2C1C3O. The third-order valence-electron chi connectivity index (χ3n) is 4.91. The fourth-order valence-electron chi connectivity index (χ4n) is 4.32. The Hall–Kier alpha value is -0.160. The van der Waals surface area contributed by atoms with Crippen molar-refractivity contribution in [1.29, 1.82) is 0 Å². The first-order chi connectivity index (χ1) is 8.20. The Bertz CT molecular complexity index is 284. The first kappa shape index (κ1) is 11.9. The highest BCUT2D eigenvalue weighted by Crippen LogP contribution is 2.54. The summed E-state index contributed by atoms with van der Waals surface area (Å²) in [7, 11) is 0. The molecule has 2 aliphatic carbocycles. The Morgan fingerprint density at radius 3 is 2.88 bits per heavy atom. The van der Waals surface area contributed by atoms with E-state index in [-0.39, 0.29) is 6.10 Å². The van der Waals surface area contributed by atoms with Crippen molar-refractivity contribution in [3.05, 3.63) is 0 Å². The molecule has 4 nitrogen and oxygen atoms in total. The molecule has 6 atom stereocenters. The Morgan fingerprint density at radius 1 is 1.35 bits per heavy atom. The zero-order valence-electron chi connectivity index (χ0n) is 10.5. The first-order valence-electron chi connectivity index (χ1n) is 6.88. The van der Waals surface area contributed by atoms with Gasteiger partial charge in [-0.2, -0.15) is 0 Å². The van der Waals surface area contributed by atoms with Gasteiger partial charge in [0.2, 0.25) is 0 Å². The van der Waals surface area contributed by atoms with E-state index >= 15 is 0 Å². The van der Waals surface area contributed by atoms with Crippen LogP contribution in [0.4, 0.5) is 0 Å². The highest BCUT2D eigenvalue weighted by atomic mass is 16.5. The molecule has 0 aromatic heterocycles. The van der Waals surface area contributed by atoms with E-state index in [9.17, 15) is 10.2 Å². The van der Waals surface area contributed by atoms with Gasteiger partial charge >= 0.3 is 0 Å². The van der Waals surface area contributed by atoms with Crippen LogP contribution in [0, 0.1) is 17.8 Å². The van der Waals surface area contributed by atoms with Crippen LogP contribution in [0.5, 0.6) is 0 Å². The minimum atomic E-state index is -0.418. The van der Waals surface area contributed by atoms with Crippen LogP contribution in [0.15, 0.2) is 0 Å². The van der Waals surface area contributed by atoms with Gasteiger partial charge in [0, 0.05) is 25.7 Å². The molecule has 1 aliphatic heterocycles. The topological polar surface area (TPSA) is 52.9 Å². The van der Waals surface area contributed by atoms with Crippen LogP contribution in [0.2, 0.25) is 0 Å². The molecule has 3 fully saturated rings. The van der Waals surface area contributed by atoms with Crippen molar-refractivity contribution in [2.75, 3.05) is 26.3 Å². The van der Waals surface area contributed by atoms with E-state index in [0.717, 1.165) is 12.5 Å². The van der Waals surface area contributed by atoms with Gasteiger partial charge < -0.3 is 14.9 Å². The summed E-state index contributed by atoms with van der Waals surface area (Å²) in [6.07, 6.45) is 1.83. The average Bonchev–Trinajstić information content (AvgIpc) is 2.88. The lowest BCUT2D eigenvalue weighted by Crippen LogP contribution is -2.44. The van der Waals surface area contributed by atoms with Crippen LogP contribution in [-0.4, -0.2) is 59.7 Å². The van der Waals surface area contributed by atoms with Crippen molar-refractivity contribution in [1.82, 2.24) is 4.90 Å². The number of likely N-dealkylation sites (tertiary alicyclic amines) is 1. The predicted molar refractivity (Wildman–Crippen MR) is 63.6 cm³/mol. The smallest absolute Gasteiger partial charge is 0.0900 e. The van der Waals surface area contributed by atoms with Gasteiger partial charge in [-0.15, -0.1) is 0 Å². The maximum atomic E-state index is 10.2.